The van der Waals surface area contributed by atoms with Crippen molar-refractivity contribution < 1.29 is 14.2 Å². The Balaban J connectivity index is 0.00000392. The van der Waals surface area contributed by atoms with Crippen LogP contribution in [-0.4, -0.2) is 52.6 Å². The van der Waals surface area contributed by atoms with Gasteiger partial charge in [0.1, 0.15) is 0 Å². The molecule has 1 heterocycles. The topological polar surface area (TPSA) is 64.1 Å². The predicted molar refractivity (Wildman–Crippen MR) is 124 cm³/mol. The fraction of sp³-hybridized carbons (Fsp3) is 0.667. The van der Waals surface area contributed by atoms with Gasteiger partial charge in [-0.2, -0.15) is 0 Å². The average Bonchev–Trinajstić information content (AvgIpc) is 2.70. The molecule has 0 spiro atoms. The first kappa shape index (κ1) is 25.1. The van der Waals surface area contributed by atoms with Crippen molar-refractivity contribution in [1.29, 1.82) is 0 Å². The zero-order chi connectivity index (χ0) is 19.2. The molecule has 160 valence electrons. The second-order valence-corrected chi connectivity index (χ2v) is 6.86. The zero-order valence-electron chi connectivity index (χ0n) is 17.2. The van der Waals surface area contributed by atoms with E-state index in [-0.39, 0.29) is 24.0 Å². The van der Waals surface area contributed by atoms with E-state index in [2.05, 4.69) is 46.8 Å². The Morgan fingerprint density at radius 2 is 2.00 bits per heavy atom. The van der Waals surface area contributed by atoms with E-state index >= 15 is 0 Å². The molecule has 0 saturated carbocycles. The van der Waals surface area contributed by atoms with Crippen LogP contribution in [0.5, 0.6) is 0 Å². The number of halogens is 1. The van der Waals surface area contributed by atoms with Crippen LogP contribution >= 0.6 is 24.0 Å². The summed E-state index contributed by atoms with van der Waals surface area (Å²) in [6.07, 6.45) is 3.22. The number of guanidine groups is 1. The second kappa shape index (κ2) is 16.0. The van der Waals surface area contributed by atoms with Crippen molar-refractivity contribution in [1.82, 2.24) is 10.6 Å². The highest BCUT2D eigenvalue weighted by Crippen LogP contribution is 2.14. The summed E-state index contributed by atoms with van der Waals surface area (Å²) < 4.78 is 16.4. The molecule has 0 aliphatic carbocycles. The quantitative estimate of drug-likeness (QED) is 0.209. The van der Waals surface area contributed by atoms with Crippen LogP contribution in [0.3, 0.4) is 0 Å². The number of hydrogen-bond donors (Lipinski definition) is 2. The molecule has 0 unspecified atom stereocenters. The van der Waals surface area contributed by atoms with Gasteiger partial charge in [-0.15, -0.1) is 24.0 Å². The van der Waals surface area contributed by atoms with E-state index in [1.165, 1.54) is 11.1 Å². The number of benzene rings is 1. The molecule has 0 radical (unpaired) electrons. The lowest BCUT2D eigenvalue weighted by Gasteiger charge is -2.21. The molecule has 6 nitrogen and oxygen atoms in total. The Hall–Kier alpha value is -0.900. The molecule has 28 heavy (non-hydrogen) atoms. The third kappa shape index (κ3) is 10.6. The highest BCUT2D eigenvalue weighted by molar-refractivity contribution is 14.0. The summed E-state index contributed by atoms with van der Waals surface area (Å²) in [6.45, 7) is 8.44. The van der Waals surface area contributed by atoms with Crippen LogP contribution in [0.2, 0.25) is 0 Å². The first-order chi connectivity index (χ1) is 13.3. The smallest absolute Gasteiger partial charge is 0.191 e. The minimum absolute atomic E-state index is 0. The molecule has 0 bridgehead atoms. The molecule has 2 N–H and O–H groups in total. The maximum atomic E-state index is 5.81. The monoisotopic (exact) mass is 505 g/mol. The molecular formula is C21H36IN3O3. The molecule has 1 aromatic rings. The molecule has 2 rings (SSSR count). The van der Waals surface area contributed by atoms with Gasteiger partial charge in [0.2, 0.25) is 0 Å². The second-order valence-electron chi connectivity index (χ2n) is 6.86. The first-order valence-electron chi connectivity index (χ1n) is 10.1. The largest absolute Gasteiger partial charge is 0.381 e. The number of methoxy groups -OCH3 is 1. The lowest BCUT2D eigenvalue weighted by Crippen LogP contribution is -2.38. The fourth-order valence-electron chi connectivity index (χ4n) is 3.04. The van der Waals surface area contributed by atoms with Crippen molar-refractivity contribution in [3.05, 3.63) is 35.4 Å². The van der Waals surface area contributed by atoms with Crippen LogP contribution < -0.4 is 10.6 Å². The molecule has 0 atom stereocenters. The summed E-state index contributed by atoms with van der Waals surface area (Å²) in [5.41, 5.74) is 2.35. The van der Waals surface area contributed by atoms with Gasteiger partial charge in [0.25, 0.3) is 0 Å². The Morgan fingerprint density at radius 1 is 1.21 bits per heavy atom. The molecule has 1 aliphatic heterocycles. The fourth-order valence-corrected chi connectivity index (χ4v) is 3.04. The molecule has 1 aliphatic rings. The Labute approximate surface area is 186 Å². The summed E-state index contributed by atoms with van der Waals surface area (Å²) in [5, 5.41) is 6.68. The van der Waals surface area contributed by atoms with Crippen LogP contribution in [0.15, 0.2) is 29.3 Å². The summed E-state index contributed by atoms with van der Waals surface area (Å²) in [6, 6.07) is 8.35. The van der Waals surface area contributed by atoms with E-state index in [1.54, 1.807) is 7.11 Å². The van der Waals surface area contributed by atoms with Crippen LogP contribution in [0.1, 0.15) is 37.3 Å². The summed E-state index contributed by atoms with van der Waals surface area (Å²) in [7, 11) is 1.71. The highest BCUT2D eigenvalue weighted by atomic mass is 127. The van der Waals surface area contributed by atoms with Crippen molar-refractivity contribution in [3.8, 4) is 0 Å². The van der Waals surface area contributed by atoms with Crippen molar-refractivity contribution in [2.45, 2.75) is 39.3 Å². The predicted octanol–water partition coefficient (Wildman–Crippen LogP) is 3.34. The van der Waals surface area contributed by atoms with Gasteiger partial charge in [-0.05, 0) is 43.2 Å². The van der Waals surface area contributed by atoms with Gasteiger partial charge < -0.3 is 24.8 Å². The van der Waals surface area contributed by atoms with E-state index in [0.717, 1.165) is 64.7 Å². The van der Waals surface area contributed by atoms with Crippen molar-refractivity contribution in [2.24, 2.45) is 10.9 Å². The number of hydrogen-bond acceptors (Lipinski definition) is 4. The molecule has 0 aromatic heterocycles. The SMILES string of the molecule is CCNC(=NCc1cccc(COC)c1)NCCCOCC1CCOCC1.I. The number of nitrogens with one attached hydrogen (secondary N) is 2. The third-order valence-electron chi connectivity index (χ3n) is 4.52. The highest BCUT2D eigenvalue weighted by Gasteiger charge is 2.13. The van der Waals surface area contributed by atoms with Gasteiger partial charge in [0.15, 0.2) is 5.96 Å². The van der Waals surface area contributed by atoms with Crippen molar-refractivity contribution in [3.63, 3.8) is 0 Å². The molecule has 1 saturated heterocycles. The maximum Gasteiger partial charge on any atom is 0.191 e. The summed E-state index contributed by atoms with van der Waals surface area (Å²) in [4.78, 5) is 4.68. The standard InChI is InChI=1S/C21H35N3O3.HI/c1-3-22-21(24-15-19-6-4-7-20(14-19)16-25-2)23-10-5-11-27-17-18-8-12-26-13-9-18;/h4,6-7,14,18H,3,5,8-13,15-17H2,1-2H3,(H2,22,23,24);1H. The van der Waals surface area contributed by atoms with Gasteiger partial charge >= 0.3 is 0 Å². The number of rotatable bonds is 11. The van der Waals surface area contributed by atoms with E-state index in [0.29, 0.717) is 19.1 Å². The average molecular weight is 505 g/mol. The summed E-state index contributed by atoms with van der Waals surface area (Å²) >= 11 is 0. The van der Waals surface area contributed by atoms with E-state index < -0.39 is 0 Å². The zero-order valence-corrected chi connectivity index (χ0v) is 19.6. The first-order valence-corrected chi connectivity index (χ1v) is 10.1. The summed E-state index contributed by atoms with van der Waals surface area (Å²) in [5.74, 6) is 1.51. The normalized spacial score (nSPS) is 15.1. The van der Waals surface area contributed by atoms with Gasteiger partial charge in [-0.1, -0.05) is 24.3 Å². The van der Waals surface area contributed by atoms with Gasteiger partial charge in [0.05, 0.1) is 13.2 Å². The van der Waals surface area contributed by atoms with Crippen LogP contribution in [-0.2, 0) is 27.4 Å². The maximum absolute atomic E-state index is 5.81. The third-order valence-corrected chi connectivity index (χ3v) is 4.52. The number of aliphatic imine (C=N–C) groups is 1. The lowest BCUT2D eigenvalue weighted by atomic mass is 10.0. The Bertz CT molecular complexity index is 551. The number of ether oxygens (including phenoxy) is 3. The molecule has 1 aromatic carbocycles. The van der Waals surface area contributed by atoms with Crippen LogP contribution in [0.4, 0.5) is 0 Å². The van der Waals surface area contributed by atoms with E-state index in [9.17, 15) is 0 Å². The van der Waals surface area contributed by atoms with E-state index in [4.69, 9.17) is 14.2 Å². The van der Waals surface area contributed by atoms with Crippen molar-refractivity contribution in [2.75, 3.05) is 46.6 Å². The molecule has 7 heteroatoms. The lowest BCUT2D eigenvalue weighted by molar-refractivity contribution is 0.0203. The number of nitrogens with zero attached hydrogens (tertiary/aromatic N) is 1. The Morgan fingerprint density at radius 3 is 2.75 bits per heavy atom. The molecule has 1 fully saturated rings. The van der Waals surface area contributed by atoms with Gasteiger partial charge in [-0.25, -0.2) is 4.99 Å². The van der Waals surface area contributed by atoms with Crippen LogP contribution in [0, 0.1) is 5.92 Å². The van der Waals surface area contributed by atoms with E-state index in [1.807, 2.05) is 0 Å². The molecular weight excluding hydrogens is 469 g/mol. The minimum Gasteiger partial charge on any atom is -0.381 e. The van der Waals surface area contributed by atoms with Gasteiger partial charge in [-0.3, -0.25) is 0 Å². The van der Waals surface area contributed by atoms with Crippen molar-refractivity contribution >= 4 is 29.9 Å². The van der Waals surface area contributed by atoms with Gasteiger partial charge in [0, 0.05) is 46.6 Å². The Kier molecular flexibility index (Phi) is 14.3. The van der Waals surface area contributed by atoms with Crippen LogP contribution in [0.25, 0.3) is 0 Å². The minimum atomic E-state index is 0. The molecule has 0 amide bonds.